The lowest BCUT2D eigenvalue weighted by atomic mass is 9.95. The molecule has 0 radical (unpaired) electrons. The van der Waals surface area contributed by atoms with Crippen molar-refractivity contribution < 1.29 is 4.74 Å². The molecule has 2 atom stereocenters. The predicted octanol–water partition coefficient (Wildman–Crippen LogP) is 4.12. The topological polar surface area (TPSA) is 48.9 Å². The number of rotatable bonds is 8. The number of hydrogen-bond donors (Lipinski definition) is 2. The summed E-state index contributed by atoms with van der Waals surface area (Å²) in [6.45, 7) is 8.87. The Kier molecular flexibility index (Phi) is 7.97. The number of benzene rings is 2. The first-order valence-electron chi connectivity index (χ1n) is 11.8. The van der Waals surface area contributed by atoms with Gasteiger partial charge in [-0.2, -0.15) is 0 Å². The zero-order chi connectivity index (χ0) is 21.3. The molecule has 2 aromatic rings. The molecule has 0 amide bonds. The Morgan fingerprint density at radius 3 is 2.48 bits per heavy atom. The predicted molar refractivity (Wildman–Crippen MR) is 127 cm³/mol. The summed E-state index contributed by atoms with van der Waals surface area (Å²) in [7, 11) is 0. The van der Waals surface area contributed by atoms with Gasteiger partial charge in [-0.25, -0.2) is 4.99 Å². The lowest BCUT2D eigenvalue weighted by Gasteiger charge is -2.21. The molecular weight excluding hydrogens is 384 g/mol. The number of hydrogen-bond acceptors (Lipinski definition) is 3. The van der Waals surface area contributed by atoms with Crippen LogP contribution in [0.15, 0.2) is 59.6 Å². The van der Waals surface area contributed by atoms with Crippen LogP contribution in [0.5, 0.6) is 0 Å². The summed E-state index contributed by atoms with van der Waals surface area (Å²) in [5.41, 5.74) is 3.91. The highest BCUT2D eigenvalue weighted by molar-refractivity contribution is 5.79. The molecule has 166 valence electrons. The smallest absolute Gasteiger partial charge is 0.191 e. The second kappa shape index (κ2) is 11.3. The summed E-state index contributed by atoms with van der Waals surface area (Å²) >= 11 is 0. The zero-order valence-corrected chi connectivity index (χ0v) is 18.7. The molecule has 2 N–H and O–H groups in total. The van der Waals surface area contributed by atoms with Crippen molar-refractivity contribution in [1.82, 2.24) is 15.5 Å². The van der Waals surface area contributed by atoms with E-state index in [2.05, 4.69) is 77.1 Å². The second-order valence-electron chi connectivity index (χ2n) is 8.63. The van der Waals surface area contributed by atoms with Crippen LogP contribution in [0.25, 0.3) is 0 Å². The molecule has 0 aromatic heterocycles. The van der Waals surface area contributed by atoms with Gasteiger partial charge in [0, 0.05) is 32.2 Å². The number of ether oxygens (including phenoxy) is 1. The Labute approximate surface area is 186 Å². The van der Waals surface area contributed by atoms with Crippen molar-refractivity contribution in [3.05, 3.63) is 71.3 Å². The Hall–Kier alpha value is -2.37. The van der Waals surface area contributed by atoms with Gasteiger partial charge < -0.3 is 15.4 Å². The Morgan fingerprint density at radius 2 is 1.74 bits per heavy atom. The van der Waals surface area contributed by atoms with Gasteiger partial charge in [-0.3, -0.25) is 4.90 Å². The van der Waals surface area contributed by atoms with E-state index in [1.54, 1.807) is 0 Å². The highest BCUT2D eigenvalue weighted by Gasteiger charge is 2.29. The highest BCUT2D eigenvalue weighted by atomic mass is 16.5. The molecule has 2 saturated heterocycles. The van der Waals surface area contributed by atoms with Crippen LogP contribution in [0.2, 0.25) is 0 Å². The molecule has 0 bridgehead atoms. The van der Waals surface area contributed by atoms with Crippen molar-refractivity contribution in [2.24, 2.45) is 10.9 Å². The number of nitrogens with one attached hydrogen (secondary N) is 2. The van der Waals surface area contributed by atoms with Gasteiger partial charge >= 0.3 is 0 Å². The summed E-state index contributed by atoms with van der Waals surface area (Å²) in [5, 5.41) is 6.93. The standard InChI is InChI=1S/C26H36N4O/c1-2-27-26(29-19-24-14-17-31-25(24)23-8-4-3-5-9-23)28-18-21-10-12-22(13-11-21)20-30-15-6-7-16-30/h3-5,8-13,24-25H,2,6-7,14-20H2,1H3,(H2,27,28,29). The van der Waals surface area contributed by atoms with Crippen LogP contribution < -0.4 is 10.6 Å². The monoisotopic (exact) mass is 420 g/mol. The summed E-state index contributed by atoms with van der Waals surface area (Å²) in [5.74, 6) is 1.33. The molecule has 0 saturated carbocycles. The maximum atomic E-state index is 6.03. The van der Waals surface area contributed by atoms with Gasteiger partial charge in [0.1, 0.15) is 0 Å². The van der Waals surface area contributed by atoms with Crippen molar-refractivity contribution in [3.8, 4) is 0 Å². The van der Waals surface area contributed by atoms with Crippen molar-refractivity contribution >= 4 is 5.96 Å². The van der Waals surface area contributed by atoms with E-state index in [-0.39, 0.29) is 6.10 Å². The minimum atomic E-state index is 0.166. The first kappa shape index (κ1) is 21.8. The van der Waals surface area contributed by atoms with E-state index in [1.807, 2.05) is 0 Å². The maximum absolute atomic E-state index is 6.03. The van der Waals surface area contributed by atoms with Gasteiger partial charge in [-0.15, -0.1) is 0 Å². The van der Waals surface area contributed by atoms with Crippen molar-refractivity contribution in [1.29, 1.82) is 0 Å². The molecule has 2 unspecified atom stereocenters. The van der Waals surface area contributed by atoms with E-state index < -0.39 is 0 Å². The van der Waals surface area contributed by atoms with Gasteiger partial charge in [0.2, 0.25) is 0 Å². The lowest BCUT2D eigenvalue weighted by molar-refractivity contribution is 0.0915. The fourth-order valence-electron chi connectivity index (χ4n) is 4.54. The second-order valence-corrected chi connectivity index (χ2v) is 8.63. The highest BCUT2D eigenvalue weighted by Crippen LogP contribution is 2.33. The molecule has 2 fully saturated rings. The minimum absolute atomic E-state index is 0.166. The molecule has 0 aliphatic carbocycles. The third kappa shape index (κ3) is 6.31. The molecule has 2 heterocycles. The first-order valence-corrected chi connectivity index (χ1v) is 11.8. The van der Waals surface area contributed by atoms with Crippen molar-refractivity contribution in [3.63, 3.8) is 0 Å². The molecule has 2 aliphatic rings. The van der Waals surface area contributed by atoms with E-state index in [9.17, 15) is 0 Å². The third-order valence-electron chi connectivity index (χ3n) is 6.27. The number of likely N-dealkylation sites (tertiary alicyclic amines) is 1. The van der Waals surface area contributed by atoms with Crippen LogP contribution in [-0.2, 0) is 17.8 Å². The van der Waals surface area contributed by atoms with Gasteiger partial charge in [0.05, 0.1) is 12.6 Å². The average Bonchev–Trinajstić information content (AvgIpc) is 3.49. The SMILES string of the molecule is CCNC(=NCc1ccc(CN2CCCC2)cc1)NCC1CCOC1c1ccccc1. The largest absolute Gasteiger partial charge is 0.373 e. The van der Waals surface area contributed by atoms with Gasteiger partial charge in [0.25, 0.3) is 0 Å². The van der Waals surface area contributed by atoms with E-state index in [4.69, 9.17) is 9.73 Å². The summed E-state index contributed by atoms with van der Waals surface area (Å²) in [4.78, 5) is 7.36. The molecule has 2 aromatic carbocycles. The lowest BCUT2D eigenvalue weighted by Crippen LogP contribution is -2.40. The van der Waals surface area contributed by atoms with Crippen LogP contribution in [0.4, 0.5) is 0 Å². The number of guanidine groups is 1. The molecular formula is C26H36N4O. The van der Waals surface area contributed by atoms with Gasteiger partial charge in [-0.1, -0.05) is 54.6 Å². The third-order valence-corrected chi connectivity index (χ3v) is 6.27. The number of nitrogens with zero attached hydrogens (tertiary/aromatic N) is 2. The summed E-state index contributed by atoms with van der Waals surface area (Å²) in [6, 6.07) is 19.5. The molecule has 4 rings (SSSR count). The average molecular weight is 421 g/mol. The quantitative estimate of drug-likeness (QED) is 0.498. The Bertz CT molecular complexity index is 815. The normalized spacial score (nSPS) is 22.0. The number of aliphatic imine (C=N–C) groups is 1. The zero-order valence-electron chi connectivity index (χ0n) is 18.7. The fraction of sp³-hybridized carbons (Fsp3) is 0.500. The van der Waals surface area contributed by atoms with Crippen LogP contribution in [0, 0.1) is 5.92 Å². The maximum Gasteiger partial charge on any atom is 0.191 e. The molecule has 31 heavy (non-hydrogen) atoms. The molecule has 0 spiro atoms. The van der Waals surface area contributed by atoms with Crippen LogP contribution in [0.3, 0.4) is 0 Å². The minimum Gasteiger partial charge on any atom is -0.373 e. The van der Waals surface area contributed by atoms with Crippen LogP contribution >= 0.6 is 0 Å². The van der Waals surface area contributed by atoms with E-state index in [0.717, 1.165) is 38.6 Å². The van der Waals surface area contributed by atoms with Crippen LogP contribution in [0.1, 0.15) is 49.0 Å². The fourth-order valence-corrected chi connectivity index (χ4v) is 4.54. The van der Waals surface area contributed by atoms with Gasteiger partial charge in [-0.05, 0) is 56.0 Å². The Morgan fingerprint density at radius 1 is 1.00 bits per heavy atom. The van der Waals surface area contributed by atoms with Crippen LogP contribution in [-0.4, -0.2) is 43.6 Å². The van der Waals surface area contributed by atoms with E-state index in [1.165, 1.54) is 42.6 Å². The van der Waals surface area contributed by atoms with Crippen molar-refractivity contribution in [2.75, 3.05) is 32.8 Å². The first-order chi connectivity index (χ1) is 15.3. The van der Waals surface area contributed by atoms with Gasteiger partial charge in [0.15, 0.2) is 5.96 Å². The molecule has 2 aliphatic heterocycles. The molecule has 5 nitrogen and oxygen atoms in total. The summed E-state index contributed by atoms with van der Waals surface area (Å²) in [6.07, 6.45) is 3.92. The Balaban J connectivity index is 1.30. The van der Waals surface area contributed by atoms with E-state index in [0.29, 0.717) is 12.5 Å². The summed E-state index contributed by atoms with van der Waals surface area (Å²) < 4.78 is 6.03. The molecule has 5 heteroatoms. The van der Waals surface area contributed by atoms with E-state index >= 15 is 0 Å². The van der Waals surface area contributed by atoms with Crippen molar-refractivity contribution in [2.45, 2.75) is 45.4 Å².